The van der Waals surface area contributed by atoms with Crippen molar-refractivity contribution in [2.75, 3.05) is 82.1 Å². The average molecular weight is 1320 g/mol. The molecule has 8 atom stereocenters. The van der Waals surface area contributed by atoms with Crippen molar-refractivity contribution in [2.45, 2.75) is 187 Å². The van der Waals surface area contributed by atoms with Crippen molar-refractivity contribution in [1.82, 2.24) is 60.5 Å². The monoisotopic (exact) mass is 1320 g/mol. The van der Waals surface area contributed by atoms with Gasteiger partial charge in [0.1, 0.15) is 47.8 Å². The standard InChI is InChI=1S/C68H105ClN12O12/c1-17-19-28-49-63(89)80(16)68(8,9)67(93)72-51(35-43(3)4)62(88)79(15)54(65(91)81-33-24-21-25-34-81)39-56(83)77(13)52(36-44(5)6)61(87)73-59(45(7)18-2)66(92)76(12)41-57(84)74(10)42-58(85)78(14)53(38-47-29-31-48(69)32-30-47)64(90)75(11)40-55(82)70-50(60(86)71-49)37-46-26-22-20-23-27-46/h20,22-23,26-27,29-32,43-45,49-54,59H,17-19,21,24-25,28,33-42H2,1-16H3,(H,70,82)(H,71,86)(H,72,93)(H,73,87)/t45-,49-,50-,51-,52-,53-,54-,59-/m0/s1. The maximum absolute atomic E-state index is 15.1. The fraction of sp³-hybridized carbons (Fsp3) is 0.647. The second-order valence-electron chi connectivity index (χ2n) is 26.7. The number of benzene rings is 2. The maximum atomic E-state index is 15.1. The van der Waals surface area contributed by atoms with E-state index in [1.165, 1.54) is 82.8 Å². The molecule has 93 heavy (non-hydrogen) atoms. The van der Waals surface area contributed by atoms with E-state index < -0.39 is 151 Å². The van der Waals surface area contributed by atoms with E-state index in [1.807, 2.05) is 41.5 Å². The van der Waals surface area contributed by atoms with E-state index in [-0.39, 0.29) is 43.9 Å². The summed E-state index contributed by atoms with van der Waals surface area (Å²) in [5.74, 6) is -8.85. The predicted octanol–water partition coefficient (Wildman–Crippen LogP) is 3.90. The molecular weight excluding hydrogens is 1210 g/mol. The van der Waals surface area contributed by atoms with Crippen LogP contribution in [0.4, 0.5) is 0 Å². The van der Waals surface area contributed by atoms with E-state index in [0.717, 1.165) is 21.1 Å². The molecule has 4 N–H and O–H groups in total. The van der Waals surface area contributed by atoms with Crippen molar-refractivity contribution in [1.29, 1.82) is 0 Å². The number of hydrogen-bond acceptors (Lipinski definition) is 12. The summed E-state index contributed by atoms with van der Waals surface area (Å²) in [5.41, 5.74) is -0.423. The lowest BCUT2D eigenvalue weighted by atomic mass is 9.95. The molecule has 2 aromatic carbocycles. The molecule has 516 valence electrons. The molecule has 4 rings (SSSR count). The van der Waals surface area contributed by atoms with Gasteiger partial charge in [0.2, 0.25) is 70.9 Å². The van der Waals surface area contributed by atoms with Gasteiger partial charge in [0.05, 0.1) is 26.1 Å². The number of unbranched alkanes of at least 4 members (excludes halogenated alkanes) is 1. The highest BCUT2D eigenvalue weighted by atomic mass is 35.5. The van der Waals surface area contributed by atoms with Gasteiger partial charge in [-0.05, 0) is 93.4 Å². The highest BCUT2D eigenvalue weighted by Gasteiger charge is 2.44. The van der Waals surface area contributed by atoms with E-state index in [4.69, 9.17) is 11.6 Å². The Balaban J connectivity index is 1.88. The summed E-state index contributed by atoms with van der Waals surface area (Å²) in [6.07, 6.45) is 3.48. The molecule has 2 heterocycles. The van der Waals surface area contributed by atoms with Crippen molar-refractivity contribution >= 4 is 82.5 Å². The maximum Gasteiger partial charge on any atom is 0.246 e. The number of likely N-dealkylation sites (N-methyl/N-ethyl adjacent to an activating group) is 7. The van der Waals surface area contributed by atoms with E-state index >= 15 is 4.79 Å². The minimum absolute atomic E-state index is 0.0379. The molecule has 2 saturated heterocycles. The number of nitrogens with one attached hydrogen (secondary N) is 4. The van der Waals surface area contributed by atoms with Gasteiger partial charge in [0.15, 0.2) is 0 Å². The first-order valence-electron chi connectivity index (χ1n) is 32.7. The zero-order valence-corrected chi connectivity index (χ0v) is 58.6. The van der Waals surface area contributed by atoms with Gasteiger partial charge in [0, 0.05) is 80.3 Å². The Kier molecular flexibility index (Phi) is 30.2. The smallest absolute Gasteiger partial charge is 0.246 e. The van der Waals surface area contributed by atoms with Crippen LogP contribution in [0.1, 0.15) is 138 Å². The topological polar surface area (TPSA) is 279 Å². The summed E-state index contributed by atoms with van der Waals surface area (Å²) < 4.78 is 0. The molecular formula is C68H105ClN12O12. The molecule has 0 radical (unpaired) electrons. The Bertz CT molecular complexity index is 2920. The fourth-order valence-electron chi connectivity index (χ4n) is 11.3. The van der Waals surface area contributed by atoms with E-state index in [1.54, 1.807) is 66.4 Å². The number of hydrogen-bond donors (Lipinski definition) is 4. The lowest BCUT2D eigenvalue weighted by Gasteiger charge is -2.39. The van der Waals surface area contributed by atoms with Crippen LogP contribution in [0.5, 0.6) is 0 Å². The summed E-state index contributed by atoms with van der Waals surface area (Å²) in [4.78, 5) is 185. The second-order valence-corrected chi connectivity index (χ2v) is 27.1. The molecule has 24 nitrogen and oxygen atoms in total. The molecule has 12 amide bonds. The molecule has 0 aromatic heterocycles. The molecule has 2 aliphatic rings. The van der Waals surface area contributed by atoms with E-state index in [2.05, 4.69) is 21.3 Å². The predicted molar refractivity (Wildman–Crippen MR) is 355 cm³/mol. The minimum Gasteiger partial charge on any atom is -0.343 e. The molecule has 2 aliphatic heterocycles. The third-order valence-corrected chi connectivity index (χ3v) is 18.2. The van der Waals surface area contributed by atoms with Gasteiger partial charge in [-0.1, -0.05) is 122 Å². The van der Waals surface area contributed by atoms with Crippen molar-refractivity contribution in [3.63, 3.8) is 0 Å². The van der Waals surface area contributed by atoms with Crippen LogP contribution in [-0.2, 0) is 70.4 Å². The lowest BCUT2D eigenvalue weighted by molar-refractivity contribution is -0.152. The van der Waals surface area contributed by atoms with E-state index in [9.17, 15) is 52.7 Å². The molecule has 0 bridgehead atoms. The summed E-state index contributed by atoms with van der Waals surface area (Å²) in [6, 6.07) is 6.65. The molecule has 0 spiro atoms. The lowest BCUT2D eigenvalue weighted by Crippen LogP contribution is -2.63. The van der Waals surface area contributed by atoms with Crippen molar-refractivity contribution in [3.05, 3.63) is 70.7 Å². The number of carbonyl (C=O) groups is 12. The van der Waals surface area contributed by atoms with Gasteiger partial charge in [0.25, 0.3) is 0 Å². The van der Waals surface area contributed by atoms with Crippen molar-refractivity contribution < 1.29 is 57.5 Å². The summed E-state index contributed by atoms with van der Waals surface area (Å²) in [6.45, 7) is 15.0. The molecule has 2 aromatic rings. The third-order valence-electron chi connectivity index (χ3n) is 18.0. The number of carbonyl (C=O) groups excluding carboxylic acids is 12. The first-order chi connectivity index (χ1) is 43.6. The minimum atomic E-state index is -1.69. The van der Waals surface area contributed by atoms with Gasteiger partial charge in [-0.25, -0.2) is 0 Å². The molecule has 2 fully saturated rings. The number of likely N-dealkylation sites (tertiary alicyclic amines) is 1. The fourth-order valence-corrected chi connectivity index (χ4v) is 11.5. The van der Waals surface area contributed by atoms with Gasteiger partial charge < -0.3 is 60.5 Å². The zero-order valence-electron chi connectivity index (χ0n) is 57.8. The highest BCUT2D eigenvalue weighted by molar-refractivity contribution is 6.30. The van der Waals surface area contributed by atoms with Crippen molar-refractivity contribution in [2.24, 2.45) is 17.8 Å². The highest BCUT2D eigenvalue weighted by Crippen LogP contribution is 2.24. The number of rotatable bonds is 14. The first-order valence-corrected chi connectivity index (χ1v) is 33.1. The van der Waals surface area contributed by atoms with Crippen LogP contribution in [0, 0.1) is 17.8 Å². The van der Waals surface area contributed by atoms with Gasteiger partial charge >= 0.3 is 0 Å². The quantitative estimate of drug-likeness (QED) is 0.210. The summed E-state index contributed by atoms with van der Waals surface area (Å²) >= 11 is 6.23. The second kappa shape index (κ2) is 36.1. The van der Waals surface area contributed by atoms with Crippen LogP contribution < -0.4 is 21.3 Å². The number of nitrogens with zero attached hydrogens (tertiary/aromatic N) is 8. The van der Waals surface area contributed by atoms with Crippen LogP contribution in [0.25, 0.3) is 0 Å². The molecule has 25 heteroatoms. The first kappa shape index (κ1) is 77.8. The molecule has 0 unspecified atom stereocenters. The largest absolute Gasteiger partial charge is 0.343 e. The Morgan fingerprint density at radius 2 is 1.13 bits per heavy atom. The van der Waals surface area contributed by atoms with Crippen molar-refractivity contribution in [3.8, 4) is 0 Å². The zero-order chi connectivity index (χ0) is 69.8. The Morgan fingerprint density at radius 1 is 0.559 bits per heavy atom. The summed E-state index contributed by atoms with van der Waals surface area (Å²) in [7, 11) is 9.77. The normalized spacial score (nSPS) is 24.1. The average Bonchev–Trinajstić information content (AvgIpc) is 0.846. The Morgan fingerprint density at radius 3 is 1.71 bits per heavy atom. The van der Waals surface area contributed by atoms with Crippen LogP contribution in [0.3, 0.4) is 0 Å². The number of halogens is 1. The Labute approximate surface area is 555 Å². The molecule has 0 saturated carbocycles. The van der Waals surface area contributed by atoms with Gasteiger partial charge in [-0.3, -0.25) is 57.5 Å². The van der Waals surface area contributed by atoms with Crippen LogP contribution >= 0.6 is 11.6 Å². The van der Waals surface area contributed by atoms with Gasteiger partial charge in [-0.2, -0.15) is 0 Å². The van der Waals surface area contributed by atoms with E-state index in [0.29, 0.717) is 61.3 Å². The summed E-state index contributed by atoms with van der Waals surface area (Å²) in [5, 5.41) is 11.8. The Hall–Kier alpha value is -7.63. The van der Waals surface area contributed by atoms with Crippen LogP contribution in [-0.4, -0.2) is 240 Å². The molecule has 0 aliphatic carbocycles. The van der Waals surface area contributed by atoms with Crippen LogP contribution in [0.15, 0.2) is 54.6 Å². The SMILES string of the molecule is CCCC[C@@H]1NC(=O)[C@H](Cc2ccccc2)NC(=O)CN(C)C(=O)[C@H](Cc2ccc(Cl)cc2)N(C)C(=O)CN(C)C(=O)CN(C)C(=O)[C@H]([C@@H](C)CC)NC(=O)[C@H](CC(C)C)N(C)C(=O)C[C@@H](C(=O)N2CCCCC2)N(C)C(=O)[C@H](CC(C)C)NC(=O)C(C)(C)N(C)C1=O. The van der Waals surface area contributed by atoms with Gasteiger partial charge in [-0.15, -0.1) is 0 Å². The van der Waals surface area contributed by atoms with Crippen LogP contribution in [0.2, 0.25) is 5.02 Å². The third kappa shape index (κ3) is 22.3. The number of amides is 12. The number of piperidine rings is 1.